The number of carbonyl (C=O) groups is 1. The van der Waals surface area contributed by atoms with Crippen LogP contribution in [0.2, 0.25) is 0 Å². The fourth-order valence-electron chi connectivity index (χ4n) is 2.94. The van der Waals surface area contributed by atoms with E-state index in [9.17, 15) is 9.18 Å². The van der Waals surface area contributed by atoms with Crippen LogP contribution in [0.3, 0.4) is 0 Å². The molecule has 5 nitrogen and oxygen atoms in total. The summed E-state index contributed by atoms with van der Waals surface area (Å²) in [6.45, 7) is 4.16. The molecule has 1 aliphatic rings. The van der Waals surface area contributed by atoms with E-state index >= 15 is 0 Å². The van der Waals surface area contributed by atoms with Gasteiger partial charge in [-0.25, -0.2) is 9.37 Å². The first kappa shape index (κ1) is 16.9. The van der Waals surface area contributed by atoms with Crippen molar-refractivity contribution in [3.8, 4) is 0 Å². The summed E-state index contributed by atoms with van der Waals surface area (Å²) in [7, 11) is 1.44. The third-order valence-electron chi connectivity index (χ3n) is 4.46. The molecule has 24 heavy (non-hydrogen) atoms. The summed E-state index contributed by atoms with van der Waals surface area (Å²) in [6, 6.07) is 6.26. The maximum absolute atomic E-state index is 14.2. The quantitative estimate of drug-likeness (QED) is 0.851. The number of benzene rings is 1. The second-order valence-electron chi connectivity index (χ2n) is 5.81. The molecule has 7 heteroatoms. The zero-order valence-corrected chi connectivity index (χ0v) is 14.6. The van der Waals surface area contributed by atoms with Gasteiger partial charge in [0.05, 0.1) is 0 Å². The summed E-state index contributed by atoms with van der Waals surface area (Å²) in [5.41, 5.74) is -1.06. The van der Waals surface area contributed by atoms with Crippen LogP contribution < -0.4 is 4.90 Å². The summed E-state index contributed by atoms with van der Waals surface area (Å²) in [5.74, 6) is -0.648. The van der Waals surface area contributed by atoms with Gasteiger partial charge in [0.1, 0.15) is 5.82 Å². The number of amides is 1. The Balaban J connectivity index is 1.75. The van der Waals surface area contributed by atoms with Gasteiger partial charge in [0.2, 0.25) is 0 Å². The van der Waals surface area contributed by atoms with E-state index in [1.807, 2.05) is 5.38 Å². The second-order valence-corrected chi connectivity index (χ2v) is 6.68. The molecule has 1 atom stereocenters. The number of methoxy groups -OCH3 is 1. The number of ether oxygens (including phenoxy) is 1. The van der Waals surface area contributed by atoms with E-state index in [-0.39, 0.29) is 11.5 Å². The molecule has 1 saturated heterocycles. The number of anilines is 1. The third kappa shape index (κ3) is 3.01. The van der Waals surface area contributed by atoms with Crippen LogP contribution in [-0.2, 0) is 15.1 Å². The normalized spacial score (nSPS) is 17.6. The van der Waals surface area contributed by atoms with Crippen molar-refractivity contribution in [3.05, 3.63) is 47.2 Å². The minimum absolute atomic E-state index is 0.214. The molecule has 0 spiro atoms. The van der Waals surface area contributed by atoms with Gasteiger partial charge < -0.3 is 14.5 Å². The van der Waals surface area contributed by atoms with Crippen LogP contribution in [-0.4, -0.2) is 49.1 Å². The van der Waals surface area contributed by atoms with Gasteiger partial charge in [-0.3, -0.25) is 4.79 Å². The predicted octanol–water partition coefficient (Wildman–Crippen LogP) is 2.49. The van der Waals surface area contributed by atoms with E-state index in [0.717, 1.165) is 5.13 Å². The van der Waals surface area contributed by atoms with Crippen LogP contribution in [0.1, 0.15) is 12.5 Å². The second kappa shape index (κ2) is 6.86. The lowest BCUT2D eigenvalue weighted by atomic mass is 9.93. The lowest BCUT2D eigenvalue weighted by Gasteiger charge is -2.39. The van der Waals surface area contributed by atoms with Crippen molar-refractivity contribution in [3.63, 3.8) is 0 Å². The molecule has 0 aliphatic carbocycles. The number of nitrogens with zero attached hydrogens (tertiary/aromatic N) is 3. The first-order valence-corrected chi connectivity index (χ1v) is 8.68. The number of carbonyl (C=O) groups excluding carboxylic acids is 1. The monoisotopic (exact) mass is 349 g/mol. The van der Waals surface area contributed by atoms with Gasteiger partial charge in [-0.15, -0.1) is 11.3 Å². The molecule has 1 fully saturated rings. The summed E-state index contributed by atoms with van der Waals surface area (Å²) >= 11 is 1.59. The van der Waals surface area contributed by atoms with Crippen LogP contribution in [0.5, 0.6) is 0 Å². The van der Waals surface area contributed by atoms with E-state index in [0.29, 0.717) is 26.2 Å². The first-order valence-electron chi connectivity index (χ1n) is 7.80. The van der Waals surface area contributed by atoms with E-state index < -0.39 is 11.4 Å². The van der Waals surface area contributed by atoms with Gasteiger partial charge in [-0.1, -0.05) is 18.2 Å². The van der Waals surface area contributed by atoms with Crippen molar-refractivity contribution >= 4 is 22.4 Å². The molecule has 2 aromatic rings. The summed E-state index contributed by atoms with van der Waals surface area (Å²) in [4.78, 5) is 21.2. The van der Waals surface area contributed by atoms with Gasteiger partial charge in [0.15, 0.2) is 10.7 Å². The first-order chi connectivity index (χ1) is 11.6. The Morgan fingerprint density at radius 2 is 2.00 bits per heavy atom. The average molecular weight is 349 g/mol. The van der Waals surface area contributed by atoms with Gasteiger partial charge in [0, 0.05) is 50.4 Å². The Hall–Kier alpha value is -1.99. The van der Waals surface area contributed by atoms with Crippen molar-refractivity contribution in [1.29, 1.82) is 0 Å². The van der Waals surface area contributed by atoms with Crippen molar-refractivity contribution in [2.45, 2.75) is 12.5 Å². The molecule has 1 amide bonds. The fraction of sp³-hybridized carbons (Fsp3) is 0.412. The number of hydrogen-bond acceptors (Lipinski definition) is 5. The lowest BCUT2D eigenvalue weighted by molar-refractivity contribution is -0.155. The Morgan fingerprint density at radius 3 is 2.58 bits per heavy atom. The van der Waals surface area contributed by atoms with Crippen LogP contribution in [0.15, 0.2) is 35.8 Å². The molecule has 2 heterocycles. The van der Waals surface area contributed by atoms with E-state index in [4.69, 9.17) is 4.74 Å². The molecular formula is C17H20FN3O2S. The molecule has 1 aliphatic heterocycles. The molecule has 0 radical (unpaired) electrons. The summed E-state index contributed by atoms with van der Waals surface area (Å²) in [6.07, 6.45) is 1.78. The van der Waals surface area contributed by atoms with Crippen LogP contribution in [0.25, 0.3) is 0 Å². The van der Waals surface area contributed by atoms with Crippen LogP contribution >= 0.6 is 11.3 Å². The predicted molar refractivity (Wildman–Crippen MR) is 91.7 cm³/mol. The highest BCUT2D eigenvalue weighted by atomic mass is 32.1. The van der Waals surface area contributed by atoms with Gasteiger partial charge >= 0.3 is 0 Å². The zero-order chi connectivity index (χ0) is 17.2. The summed E-state index contributed by atoms with van der Waals surface area (Å²) in [5, 5.41) is 2.90. The SMILES string of the molecule is CO[C@@](C)(C(=O)N1CCN(c2nccs2)CC1)c1ccccc1F. The van der Waals surface area contributed by atoms with Crippen LogP contribution in [0.4, 0.5) is 9.52 Å². The van der Waals surface area contributed by atoms with Crippen molar-refractivity contribution < 1.29 is 13.9 Å². The Kier molecular flexibility index (Phi) is 4.82. The molecule has 0 unspecified atom stereocenters. The molecule has 0 N–H and O–H groups in total. The molecule has 1 aromatic carbocycles. The molecule has 128 valence electrons. The highest BCUT2D eigenvalue weighted by Gasteiger charge is 2.41. The lowest BCUT2D eigenvalue weighted by Crippen LogP contribution is -2.54. The minimum Gasteiger partial charge on any atom is -0.364 e. The largest absolute Gasteiger partial charge is 0.364 e. The molecule has 1 aromatic heterocycles. The zero-order valence-electron chi connectivity index (χ0n) is 13.7. The number of piperazine rings is 1. The van der Waals surface area contributed by atoms with E-state index in [2.05, 4.69) is 9.88 Å². The molecule has 3 rings (SSSR count). The van der Waals surface area contributed by atoms with Gasteiger partial charge in [-0.2, -0.15) is 0 Å². The van der Waals surface area contributed by atoms with Crippen LogP contribution in [0, 0.1) is 5.82 Å². The summed E-state index contributed by atoms with van der Waals surface area (Å²) < 4.78 is 19.6. The van der Waals surface area contributed by atoms with Gasteiger partial charge in [-0.05, 0) is 13.0 Å². The number of thiazole rings is 1. The van der Waals surface area contributed by atoms with Crippen molar-refractivity contribution in [2.75, 3.05) is 38.2 Å². The Labute approximate surface area is 144 Å². The third-order valence-corrected chi connectivity index (χ3v) is 5.29. The number of aromatic nitrogens is 1. The number of rotatable bonds is 4. The Bertz CT molecular complexity index is 702. The number of hydrogen-bond donors (Lipinski definition) is 0. The smallest absolute Gasteiger partial charge is 0.259 e. The highest BCUT2D eigenvalue weighted by Crippen LogP contribution is 2.30. The standard InChI is InChI=1S/C17H20FN3O2S/c1-17(23-2,13-5-3-4-6-14(13)18)15(22)20-8-10-21(11-9-20)16-19-7-12-24-16/h3-7,12H,8-11H2,1-2H3/t17-/m1/s1. The minimum atomic E-state index is -1.32. The van der Waals surface area contributed by atoms with Crippen molar-refractivity contribution in [2.24, 2.45) is 0 Å². The maximum Gasteiger partial charge on any atom is 0.259 e. The topological polar surface area (TPSA) is 45.7 Å². The fourth-order valence-corrected chi connectivity index (χ4v) is 3.63. The van der Waals surface area contributed by atoms with E-state index in [1.54, 1.807) is 47.6 Å². The molecule has 0 bridgehead atoms. The van der Waals surface area contributed by atoms with E-state index in [1.165, 1.54) is 13.2 Å². The Morgan fingerprint density at radius 1 is 1.29 bits per heavy atom. The number of halogens is 1. The van der Waals surface area contributed by atoms with Crippen molar-refractivity contribution in [1.82, 2.24) is 9.88 Å². The average Bonchev–Trinajstić information content (AvgIpc) is 3.15. The van der Waals surface area contributed by atoms with Gasteiger partial charge in [0.25, 0.3) is 5.91 Å². The maximum atomic E-state index is 14.2. The molecular weight excluding hydrogens is 329 g/mol. The molecule has 0 saturated carbocycles. The highest BCUT2D eigenvalue weighted by molar-refractivity contribution is 7.13.